The Kier molecular flexibility index (Phi) is 4.42. The van der Waals surface area contributed by atoms with Crippen LogP contribution in [0.4, 0.5) is 0 Å². The van der Waals surface area contributed by atoms with E-state index < -0.39 is 11.5 Å². The molecule has 2 atom stereocenters. The third-order valence-corrected chi connectivity index (χ3v) is 3.90. The topological polar surface area (TPSA) is 55.4 Å². The summed E-state index contributed by atoms with van der Waals surface area (Å²) in [7, 11) is 0. The van der Waals surface area contributed by atoms with Crippen LogP contribution in [0.25, 0.3) is 0 Å². The van der Waals surface area contributed by atoms with Gasteiger partial charge in [-0.05, 0) is 18.9 Å². The summed E-state index contributed by atoms with van der Waals surface area (Å²) >= 11 is 0. The van der Waals surface area contributed by atoms with Crippen LogP contribution in [0.3, 0.4) is 0 Å². The number of ether oxygens (including phenoxy) is 1. The maximum atomic E-state index is 12.2. The fraction of sp³-hybridized carbons (Fsp3) is 0.500. The van der Waals surface area contributed by atoms with E-state index in [-0.39, 0.29) is 11.9 Å². The first-order valence-corrected chi connectivity index (χ1v) is 7.15. The molecule has 1 amide bonds. The molecule has 2 rings (SSSR count). The molecule has 0 saturated carbocycles. The molecule has 2 unspecified atom stereocenters. The number of esters is 1. The molecule has 4 heteroatoms. The highest BCUT2D eigenvalue weighted by molar-refractivity contribution is 5.91. The number of carbonyl (C=O) groups is 2. The van der Waals surface area contributed by atoms with Gasteiger partial charge in [0.25, 0.3) is 0 Å². The average molecular weight is 275 g/mol. The Balaban J connectivity index is 2.43. The number of benzene rings is 1. The Morgan fingerprint density at radius 3 is 2.65 bits per heavy atom. The predicted octanol–water partition coefficient (Wildman–Crippen LogP) is 2.18. The van der Waals surface area contributed by atoms with Crippen LogP contribution < -0.4 is 5.32 Å². The molecule has 1 aliphatic heterocycles. The summed E-state index contributed by atoms with van der Waals surface area (Å²) < 4.78 is 5.14. The minimum absolute atomic E-state index is 0.0830. The molecule has 1 fully saturated rings. The van der Waals surface area contributed by atoms with E-state index in [2.05, 4.69) is 12.2 Å². The van der Waals surface area contributed by atoms with E-state index in [0.29, 0.717) is 13.0 Å². The summed E-state index contributed by atoms with van der Waals surface area (Å²) in [4.78, 5) is 24.1. The van der Waals surface area contributed by atoms with Gasteiger partial charge in [-0.2, -0.15) is 0 Å². The van der Waals surface area contributed by atoms with Gasteiger partial charge in [0.05, 0.1) is 6.61 Å². The minimum atomic E-state index is -0.586. The van der Waals surface area contributed by atoms with E-state index in [1.165, 1.54) is 0 Å². The highest BCUT2D eigenvalue weighted by Crippen LogP contribution is 2.40. The van der Waals surface area contributed by atoms with Gasteiger partial charge in [-0.25, -0.2) is 4.79 Å². The number of carbonyl (C=O) groups excluding carboxylic acids is 2. The van der Waals surface area contributed by atoms with Crippen LogP contribution in [0.2, 0.25) is 0 Å². The van der Waals surface area contributed by atoms with Crippen molar-refractivity contribution in [3.05, 3.63) is 35.9 Å². The monoisotopic (exact) mass is 275 g/mol. The Hall–Kier alpha value is -1.84. The van der Waals surface area contributed by atoms with Crippen LogP contribution in [-0.2, 0) is 19.7 Å². The van der Waals surface area contributed by atoms with E-state index in [9.17, 15) is 9.59 Å². The summed E-state index contributed by atoms with van der Waals surface area (Å²) in [5.41, 5.74) is 0.539. The van der Waals surface area contributed by atoms with Gasteiger partial charge < -0.3 is 10.1 Å². The number of amides is 1. The summed E-state index contributed by atoms with van der Waals surface area (Å²) in [6.45, 7) is 4.16. The van der Waals surface area contributed by atoms with Gasteiger partial charge in [0, 0.05) is 11.8 Å². The lowest BCUT2D eigenvalue weighted by Gasteiger charge is -2.33. The van der Waals surface area contributed by atoms with Gasteiger partial charge in [-0.1, -0.05) is 43.7 Å². The molecule has 1 aliphatic rings. The van der Waals surface area contributed by atoms with Crippen molar-refractivity contribution in [2.75, 3.05) is 6.61 Å². The van der Waals surface area contributed by atoms with Crippen molar-refractivity contribution < 1.29 is 14.3 Å². The van der Waals surface area contributed by atoms with E-state index in [4.69, 9.17) is 4.74 Å². The van der Waals surface area contributed by atoms with Crippen LogP contribution in [0.1, 0.15) is 38.7 Å². The lowest BCUT2D eigenvalue weighted by Crippen LogP contribution is -2.47. The zero-order valence-electron chi connectivity index (χ0n) is 12.0. The summed E-state index contributed by atoms with van der Waals surface area (Å²) in [6, 6.07) is 9.21. The molecule has 108 valence electrons. The lowest BCUT2D eigenvalue weighted by atomic mass is 9.71. The summed E-state index contributed by atoms with van der Waals surface area (Å²) in [5, 5.41) is 2.80. The van der Waals surface area contributed by atoms with E-state index in [1.807, 2.05) is 30.3 Å². The van der Waals surface area contributed by atoms with Gasteiger partial charge in [0.15, 0.2) is 0 Å². The normalized spacial score (nSPS) is 25.3. The quantitative estimate of drug-likeness (QED) is 0.838. The van der Waals surface area contributed by atoms with Gasteiger partial charge in [0.2, 0.25) is 5.91 Å². The maximum Gasteiger partial charge on any atom is 0.329 e. The second-order valence-corrected chi connectivity index (χ2v) is 5.20. The van der Waals surface area contributed by atoms with Gasteiger partial charge in [0.1, 0.15) is 6.04 Å². The molecule has 1 N–H and O–H groups in total. The van der Waals surface area contributed by atoms with E-state index in [0.717, 1.165) is 18.4 Å². The third-order valence-electron chi connectivity index (χ3n) is 3.90. The molecule has 20 heavy (non-hydrogen) atoms. The van der Waals surface area contributed by atoms with Gasteiger partial charge in [-0.3, -0.25) is 4.79 Å². The maximum absolute atomic E-state index is 12.2. The van der Waals surface area contributed by atoms with E-state index in [1.54, 1.807) is 6.92 Å². The number of nitrogens with one attached hydrogen (secondary N) is 1. The molecule has 4 nitrogen and oxygen atoms in total. The molecule has 1 aromatic rings. The SMILES string of the molecule is CCCC1(c2ccccc2)CC(=O)NC1C(=O)OCC. The standard InChI is InChI=1S/C16H21NO3/c1-3-10-16(12-8-6-5-7-9-12)11-13(18)17-14(16)15(19)20-4-2/h5-9,14H,3-4,10-11H2,1-2H3,(H,17,18). The fourth-order valence-corrected chi connectivity index (χ4v) is 3.11. The Labute approximate surface area is 119 Å². The average Bonchev–Trinajstić information content (AvgIpc) is 2.78. The smallest absolute Gasteiger partial charge is 0.329 e. The molecule has 1 saturated heterocycles. The molecule has 0 radical (unpaired) electrons. The first-order chi connectivity index (χ1) is 9.64. The number of hydrogen-bond acceptors (Lipinski definition) is 3. The second kappa shape index (κ2) is 6.07. The van der Waals surface area contributed by atoms with Crippen LogP contribution in [0.15, 0.2) is 30.3 Å². The zero-order chi connectivity index (χ0) is 14.6. The Morgan fingerprint density at radius 1 is 1.35 bits per heavy atom. The van der Waals surface area contributed by atoms with Gasteiger partial charge >= 0.3 is 5.97 Å². The highest BCUT2D eigenvalue weighted by atomic mass is 16.5. The van der Waals surface area contributed by atoms with Crippen molar-refractivity contribution in [2.24, 2.45) is 0 Å². The molecule has 1 heterocycles. The highest BCUT2D eigenvalue weighted by Gasteiger charge is 2.51. The largest absolute Gasteiger partial charge is 0.464 e. The summed E-state index contributed by atoms with van der Waals surface area (Å²) in [6.07, 6.45) is 2.02. The van der Waals surface area contributed by atoms with Crippen molar-refractivity contribution in [2.45, 2.75) is 44.6 Å². The molecule has 0 aliphatic carbocycles. The second-order valence-electron chi connectivity index (χ2n) is 5.20. The molecule has 0 aromatic heterocycles. The number of hydrogen-bond donors (Lipinski definition) is 1. The number of rotatable bonds is 5. The van der Waals surface area contributed by atoms with Crippen molar-refractivity contribution in [1.82, 2.24) is 5.32 Å². The lowest BCUT2D eigenvalue weighted by molar-refractivity contribution is -0.147. The first-order valence-electron chi connectivity index (χ1n) is 7.15. The first kappa shape index (κ1) is 14.6. The van der Waals surface area contributed by atoms with Crippen molar-refractivity contribution >= 4 is 11.9 Å². The van der Waals surface area contributed by atoms with Crippen molar-refractivity contribution in [3.63, 3.8) is 0 Å². The molecule has 1 aromatic carbocycles. The fourth-order valence-electron chi connectivity index (χ4n) is 3.11. The predicted molar refractivity (Wildman–Crippen MR) is 76.2 cm³/mol. The molecule has 0 bridgehead atoms. The molecular formula is C16H21NO3. The molecule has 0 spiro atoms. The Bertz CT molecular complexity index is 486. The summed E-state index contributed by atoms with van der Waals surface area (Å²) in [5.74, 6) is -0.420. The van der Waals surface area contributed by atoms with Crippen LogP contribution in [0, 0.1) is 0 Å². The van der Waals surface area contributed by atoms with Crippen molar-refractivity contribution in [1.29, 1.82) is 0 Å². The third kappa shape index (κ3) is 2.55. The van der Waals surface area contributed by atoms with Crippen LogP contribution in [-0.4, -0.2) is 24.5 Å². The molecular weight excluding hydrogens is 254 g/mol. The van der Waals surface area contributed by atoms with Crippen LogP contribution >= 0.6 is 0 Å². The minimum Gasteiger partial charge on any atom is -0.464 e. The Morgan fingerprint density at radius 2 is 2.05 bits per heavy atom. The zero-order valence-corrected chi connectivity index (χ0v) is 12.0. The van der Waals surface area contributed by atoms with Gasteiger partial charge in [-0.15, -0.1) is 0 Å². The van der Waals surface area contributed by atoms with Crippen molar-refractivity contribution in [3.8, 4) is 0 Å². The van der Waals surface area contributed by atoms with E-state index >= 15 is 0 Å². The van der Waals surface area contributed by atoms with Crippen LogP contribution in [0.5, 0.6) is 0 Å².